The number of benzene rings is 4. The van der Waals surface area contributed by atoms with E-state index in [2.05, 4.69) is 122 Å². The maximum atomic E-state index is 11.1. The number of carbonyl (C=O) groups is 15. The number of carboxylic acid groups (broad SMARTS) is 2. The van der Waals surface area contributed by atoms with Gasteiger partial charge >= 0.3 is 29.9 Å². The number of allylic oxidation sites excluding steroid dienone is 1. The number of ether oxygens (including phenoxy) is 5. The summed E-state index contributed by atoms with van der Waals surface area (Å²) < 4.78 is 71.4. The number of carbonyl (C=O) groups excluding carboxylic acids is 13. The number of thioether (sulfide) groups is 1. The van der Waals surface area contributed by atoms with Crippen molar-refractivity contribution >= 4 is 149 Å². The normalized spacial score (nSPS) is 11.4. The number of sulfonamides is 2. The second kappa shape index (κ2) is 112. The molecule has 48 nitrogen and oxygen atoms in total. The summed E-state index contributed by atoms with van der Waals surface area (Å²) in [7, 11) is 15.4. The van der Waals surface area contributed by atoms with Crippen LogP contribution in [0.4, 0.5) is 10.5 Å². The summed E-state index contributed by atoms with van der Waals surface area (Å²) in [5.41, 5.74) is 15.7. The van der Waals surface area contributed by atoms with Crippen molar-refractivity contribution in [1.29, 1.82) is 0 Å². The second-order valence-electron chi connectivity index (χ2n) is 30.4. The largest absolute Gasteiger partial charge is 0.478 e. The molecule has 0 radical (unpaired) electrons. The quantitative estimate of drug-likeness (QED) is 0.00543. The van der Waals surface area contributed by atoms with Gasteiger partial charge in [-0.2, -0.15) is 0 Å². The zero-order valence-corrected chi connectivity index (χ0v) is 96.8. The molecule has 3 heterocycles. The summed E-state index contributed by atoms with van der Waals surface area (Å²) in [6.07, 6.45) is 11.0. The summed E-state index contributed by atoms with van der Waals surface area (Å²) >= 11 is 6.09. The van der Waals surface area contributed by atoms with Crippen LogP contribution in [0.5, 0.6) is 0 Å². The van der Waals surface area contributed by atoms with Crippen LogP contribution in [-0.2, 0) is 101 Å². The molecule has 12 amide bonds. The molecule has 23 N–H and O–H groups in total. The number of methoxy groups -OCH3 is 2. The van der Waals surface area contributed by atoms with Crippen molar-refractivity contribution in [2.24, 2.45) is 22.3 Å². The SMILES string of the molecule is C/C=C/C(=O)OC.CC(=O)N1CCCCC1.CC(=O)NC1CCOCC1.CC(=O)NCCN.CC(=O)NCCN(C)C.CC(=O)NCCNC(C)=O.CC(=O)NN.CC(=O)Nc1ccccc1.CCNC(=O)NC.CN1CCOCC1.CN=C(N)SC.CNC(=O)CCC(=O)NC.CNC(=S)NC.CNS(=O)(=O)C(C)C.CNS(=O)(=O)c1ccccc1.COCCOC(C)=O.Cc1ccc(C(=O)O)cc1.Cc1cccc(C(=O)O)c1. The molecule has 0 aliphatic carbocycles. The number of thiocarbonyl (C=S) groups is 1. The lowest BCUT2D eigenvalue weighted by Gasteiger charge is -2.24. The Morgan fingerprint density at radius 1 is 0.573 bits per heavy atom. The third-order valence-electron chi connectivity index (χ3n) is 16.8. The fourth-order valence-electron chi connectivity index (χ4n) is 8.74. The average Bonchev–Trinajstić information content (AvgIpc) is 0.859. The minimum absolute atomic E-state index is 0.0227. The molecule has 0 atom stereocenters. The number of hydrazine groups is 1. The van der Waals surface area contributed by atoms with Crippen LogP contribution in [0.3, 0.4) is 0 Å². The maximum absolute atomic E-state index is 11.1. The molecule has 0 saturated carbocycles. The molecule has 3 aliphatic rings. The Bertz CT molecular complexity index is 4470. The standard InChI is InChI=1S/C8H9NO.2C8H8O2.C7H9NO2S.C7H13NO2.C7H13NO.2C6H12N2O2.C6H14N2O.C5H11NO.C5H10O3.C5H8O2.2C4H10N2O.C4H11NO2S.2C3H8N2S.C2H6N2O/c1-7(10)9-8-5-3-2-4-6-8;1-6-2-4-7(5-3-6)8(9)10;1-6-3-2-4-7(5-6)8(9)10;1-8-11(9,10)7-5-3-2-4-6-7;1-6(9)8-7-2-4-10-5-3-7;1-7(9)8-5-3-2-4-6-8;1-7-5(9)3-4-6(10)8-2;1-5(9)7-3-4-8-6(2)10;1-6(9)7-4-5-8(2)3;1-6-2-4-7-5-3-6;1-5(6)8-4-3-7-2;1-3-4-5(6)7-2;1-4(7)6-3-2-5;1-3-6-4(7)5-2;1-4(2)8(6,7)5-3;1-5-3(4)6-2;1-4-3(6)5-2;1-2(5)4-3/h2-6H,1H3,(H,9,10);2*2-5H,1H3,(H,9,10);2-6,8H,1H3;7H,2-5H2,1H3,(H,8,9);2-6H2,1H3;2*3-4H2,1-2H3,(H,7,9)(H,8,10);4-5H2,1-3H3,(H,7,9);2-5H2,1H3;3-4H2,1-2H3;3-4H,1-2H3;2-3,5H2,1H3,(H,6,7);3H2,1-2H3,(H2,5,6,7);4-5H,1-3H3;1-2H3,(H2,4,5);1-2H3,(H2,4,5,6);3H2,1H3,(H,4,5)/b;;;;;;;;;;;4-3+;;;;;;. The highest BCUT2D eigenvalue weighted by Crippen LogP contribution is 2.10. The van der Waals surface area contributed by atoms with Crippen LogP contribution >= 0.6 is 24.0 Å². The second-order valence-corrected chi connectivity index (χ2v) is 36.0. The van der Waals surface area contributed by atoms with Crippen molar-refractivity contribution in [3.8, 4) is 0 Å². The number of rotatable bonds is 24. The molecule has 0 aromatic heterocycles. The first kappa shape index (κ1) is 160. The summed E-state index contributed by atoms with van der Waals surface area (Å²) in [6.45, 7) is 36.7. The number of anilines is 1. The Balaban J connectivity index is -0.000000152. The van der Waals surface area contributed by atoms with Gasteiger partial charge in [0.1, 0.15) is 6.61 Å². The first-order chi connectivity index (χ1) is 70.3. The highest BCUT2D eigenvalue weighted by atomic mass is 32.2. The number of carboxylic acids is 2. The van der Waals surface area contributed by atoms with E-state index < -0.39 is 32.0 Å². The van der Waals surface area contributed by atoms with E-state index >= 15 is 0 Å². The number of nitrogens with zero attached hydrogens (tertiary/aromatic N) is 4. The lowest BCUT2D eigenvalue weighted by molar-refractivity contribution is -0.142. The highest BCUT2D eigenvalue weighted by molar-refractivity contribution is 8.13. The van der Waals surface area contributed by atoms with E-state index in [1.807, 2.05) is 92.7 Å². The first-order valence-corrected chi connectivity index (χ1v) is 51.9. The Morgan fingerprint density at radius 2 is 1.03 bits per heavy atom. The number of amidine groups is 1. The zero-order valence-electron chi connectivity index (χ0n) is 93.5. The zero-order chi connectivity index (χ0) is 118. The molecule has 3 fully saturated rings. The van der Waals surface area contributed by atoms with E-state index in [4.69, 9.17) is 31.2 Å². The molecule has 7 rings (SSSR count). The summed E-state index contributed by atoms with van der Waals surface area (Å²) in [5.74, 6) is 1.94. The van der Waals surface area contributed by atoms with Crippen molar-refractivity contribution in [2.75, 3.05) is 215 Å². The topological polar surface area (TPSA) is 692 Å². The molecule has 150 heavy (non-hydrogen) atoms. The summed E-state index contributed by atoms with van der Waals surface area (Å²) in [6, 6.07) is 31.4. The Labute approximate surface area is 900 Å². The van der Waals surface area contributed by atoms with Crippen LogP contribution in [0.2, 0.25) is 0 Å². The molecule has 4 aromatic rings. The molecule has 0 bridgehead atoms. The first-order valence-electron chi connectivity index (χ1n) is 47.2. The van der Waals surface area contributed by atoms with Crippen LogP contribution in [0.15, 0.2) is 131 Å². The number of nitrogens with two attached hydrogens (primary N) is 3. The van der Waals surface area contributed by atoms with Gasteiger partial charge < -0.3 is 124 Å². The summed E-state index contributed by atoms with van der Waals surface area (Å²) in [5, 5.41) is 49.1. The van der Waals surface area contributed by atoms with E-state index in [0.29, 0.717) is 78.3 Å². The van der Waals surface area contributed by atoms with Crippen LogP contribution in [-0.4, -0.2) is 362 Å². The molecule has 862 valence electrons. The fraction of sp³-hybridized carbons (Fsp3) is 0.561. The molecule has 0 unspecified atom stereocenters. The van der Waals surface area contributed by atoms with Gasteiger partial charge in [-0.1, -0.05) is 89.6 Å². The third-order valence-corrected chi connectivity index (χ3v) is 21.0. The number of aliphatic imine (C=N–C) groups is 1. The lowest BCUT2D eigenvalue weighted by Crippen LogP contribution is -2.37. The van der Waals surface area contributed by atoms with Crippen LogP contribution in [0.1, 0.15) is 167 Å². The monoisotopic (exact) mass is 2210 g/mol. The van der Waals surface area contributed by atoms with Crippen molar-refractivity contribution in [1.82, 2.24) is 88.1 Å². The van der Waals surface area contributed by atoms with Crippen molar-refractivity contribution in [3.05, 3.63) is 144 Å². The molecule has 3 saturated heterocycles. The van der Waals surface area contributed by atoms with E-state index in [9.17, 15) is 88.8 Å². The summed E-state index contributed by atoms with van der Waals surface area (Å²) in [4.78, 5) is 164. The number of hydrogen-bond acceptors (Lipinski definition) is 31. The van der Waals surface area contributed by atoms with Gasteiger partial charge in [-0.3, -0.25) is 63.2 Å². The molecular weight excluding hydrogens is 2030 g/mol. The molecular formula is C98H180N22O26S4. The highest BCUT2D eigenvalue weighted by Gasteiger charge is 2.15. The van der Waals surface area contributed by atoms with Crippen molar-refractivity contribution < 1.29 is 123 Å². The number of hydrogen-bond donors (Lipinski definition) is 20. The van der Waals surface area contributed by atoms with Gasteiger partial charge in [-0.15, -0.1) is 0 Å². The van der Waals surface area contributed by atoms with E-state index in [-0.39, 0.29) is 95.1 Å². The third kappa shape index (κ3) is 132. The van der Waals surface area contributed by atoms with E-state index in [0.717, 1.165) is 95.4 Å². The van der Waals surface area contributed by atoms with Gasteiger partial charge in [0.05, 0.1) is 48.2 Å². The van der Waals surface area contributed by atoms with Crippen molar-refractivity contribution in [2.45, 2.75) is 165 Å². The number of amides is 12. The smallest absolute Gasteiger partial charge is 0.335 e. The number of morpholine rings is 1. The number of esters is 2. The average molecular weight is 2210 g/mol. The number of aromatic carboxylic acids is 2. The minimum Gasteiger partial charge on any atom is -0.478 e. The molecule has 0 spiro atoms. The van der Waals surface area contributed by atoms with E-state index in [1.165, 1.54) is 107 Å². The van der Waals surface area contributed by atoms with Gasteiger partial charge in [0, 0.05) is 228 Å². The molecule has 52 heteroatoms. The Kier molecular flexibility index (Phi) is 120. The van der Waals surface area contributed by atoms with Gasteiger partial charge in [-0.05, 0) is 176 Å². The number of piperidine rings is 1. The number of aryl methyl sites for hydroxylation is 2. The van der Waals surface area contributed by atoms with Crippen LogP contribution < -0.4 is 96.0 Å². The minimum atomic E-state index is -3.25. The number of likely N-dealkylation sites (N-methyl/N-ethyl adjacent to an activating group) is 2. The van der Waals surface area contributed by atoms with Gasteiger partial charge in [-0.25, -0.2) is 51.3 Å². The number of nitrogens with one attached hydrogen (secondary N) is 15. The molecule has 3 aliphatic heterocycles. The van der Waals surface area contributed by atoms with Crippen molar-refractivity contribution in [3.63, 3.8) is 0 Å². The Hall–Kier alpha value is -12.5. The van der Waals surface area contributed by atoms with Gasteiger partial charge in [0.25, 0.3) is 0 Å². The van der Waals surface area contributed by atoms with Gasteiger partial charge in [0.15, 0.2) is 10.3 Å². The predicted octanol–water partition coefficient (Wildman–Crippen LogP) is 3.99. The maximum Gasteiger partial charge on any atom is 0.335 e. The van der Waals surface area contributed by atoms with Crippen LogP contribution in [0, 0.1) is 13.8 Å². The fourth-order valence-corrected chi connectivity index (χ4v) is 10.1. The van der Waals surface area contributed by atoms with Gasteiger partial charge in [0.2, 0.25) is 79.1 Å². The predicted molar refractivity (Wildman–Crippen MR) is 598 cm³/mol. The number of para-hydroxylation sites is 1. The Morgan fingerprint density at radius 3 is 1.29 bits per heavy atom. The van der Waals surface area contributed by atoms with E-state index in [1.54, 1.807) is 163 Å². The number of likely N-dealkylation sites (tertiary alicyclic amines) is 1. The molecule has 4 aromatic carbocycles. The number of urea groups is 1. The lowest BCUT2D eigenvalue weighted by atomic mass is 10.1. The van der Waals surface area contributed by atoms with Crippen LogP contribution in [0.25, 0.3) is 0 Å².